The lowest BCUT2D eigenvalue weighted by molar-refractivity contribution is -0.113. The number of benzene rings is 2. The number of anilines is 1. The minimum absolute atomic E-state index is 0.194. The van der Waals surface area contributed by atoms with Gasteiger partial charge in [-0.3, -0.25) is 4.79 Å². The van der Waals surface area contributed by atoms with Crippen LogP contribution in [0, 0.1) is 0 Å². The van der Waals surface area contributed by atoms with E-state index in [0.29, 0.717) is 16.3 Å². The van der Waals surface area contributed by atoms with Crippen LogP contribution in [0.5, 0.6) is 0 Å². The molecule has 0 bridgehead atoms. The second-order valence-electron chi connectivity index (χ2n) is 4.71. The second kappa shape index (κ2) is 8.97. The van der Waals surface area contributed by atoms with Gasteiger partial charge in [0.25, 0.3) is 0 Å². The monoisotopic (exact) mass is 383 g/mol. The Kier molecular flexibility index (Phi) is 6.97. The van der Waals surface area contributed by atoms with Crippen molar-refractivity contribution in [3.63, 3.8) is 0 Å². The maximum Gasteiger partial charge on any atom is 0.338 e. The van der Waals surface area contributed by atoms with Crippen molar-refractivity contribution in [2.75, 3.05) is 17.7 Å². The molecule has 0 aliphatic heterocycles. The molecule has 24 heavy (non-hydrogen) atoms. The highest BCUT2D eigenvalue weighted by Gasteiger charge is 2.11. The van der Waals surface area contributed by atoms with E-state index in [2.05, 4.69) is 5.32 Å². The van der Waals surface area contributed by atoms with Gasteiger partial charge in [-0.1, -0.05) is 23.2 Å². The maximum atomic E-state index is 12.0. The zero-order valence-electron chi connectivity index (χ0n) is 12.8. The summed E-state index contributed by atoms with van der Waals surface area (Å²) in [6, 6.07) is 11.9. The van der Waals surface area contributed by atoms with Crippen molar-refractivity contribution in [2.45, 2.75) is 11.8 Å². The van der Waals surface area contributed by atoms with Crippen molar-refractivity contribution < 1.29 is 14.3 Å². The molecule has 0 aliphatic rings. The van der Waals surface area contributed by atoms with Gasteiger partial charge in [-0.2, -0.15) is 0 Å². The van der Waals surface area contributed by atoms with Crippen LogP contribution in [0.25, 0.3) is 0 Å². The number of carbonyl (C=O) groups is 2. The zero-order chi connectivity index (χ0) is 17.5. The first kappa shape index (κ1) is 18.6. The van der Waals surface area contributed by atoms with Crippen LogP contribution >= 0.6 is 35.0 Å². The van der Waals surface area contributed by atoms with Crippen LogP contribution in [0.2, 0.25) is 10.0 Å². The van der Waals surface area contributed by atoms with Crippen molar-refractivity contribution in [1.82, 2.24) is 0 Å². The average Bonchev–Trinajstić information content (AvgIpc) is 2.56. The Hall–Kier alpha value is -1.69. The number of carbonyl (C=O) groups excluding carboxylic acids is 2. The molecule has 7 heteroatoms. The summed E-state index contributed by atoms with van der Waals surface area (Å²) < 4.78 is 4.90. The summed E-state index contributed by atoms with van der Waals surface area (Å²) in [5.74, 6) is -0.409. The van der Waals surface area contributed by atoms with Gasteiger partial charge in [0.1, 0.15) is 0 Å². The molecule has 2 aromatic carbocycles. The highest BCUT2D eigenvalue weighted by molar-refractivity contribution is 8.00. The van der Waals surface area contributed by atoms with Crippen molar-refractivity contribution in [3.8, 4) is 0 Å². The minimum atomic E-state index is -0.449. The van der Waals surface area contributed by atoms with Gasteiger partial charge in [-0.25, -0.2) is 4.79 Å². The van der Waals surface area contributed by atoms with E-state index in [1.807, 2.05) is 12.1 Å². The second-order valence-corrected chi connectivity index (χ2v) is 6.60. The molecule has 1 N–H and O–H groups in total. The molecular formula is C17H15Cl2NO3S. The molecule has 2 rings (SSSR count). The highest BCUT2D eigenvalue weighted by atomic mass is 35.5. The molecule has 0 aliphatic carbocycles. The van der Waals surface area contributed by atoms with Crippen LogP contribution in [-0.4, -0.2) is 24.2 Å². The SMILES string of the molecule is CCOC(=O)c1ccc(NC(=O)CSc2ccc(Cl)cc2)c(Cl)c1. The first-order chi connectivity index (χ1) is 11.5. The molecular weight excluding hydrogens is 369 g/mol. The third kappa shape index (κ3) is 5.44. The summed E-state index contributed by atoms with van der Waals surface area (Å²) in [7, 11) is 0. The van der Waals surface area contributed by atoms with Gasteiger partial charge in [-0.15, -0.1) is 11.8 Å². The molecule has 0 aromatic heterocycles. The molecule has 0 radical (unpaired) electrons. The van der Waals surface area contributed by atoms with Gasteiger partial charge in [0.2, 0.25) is 5.91 Å². The lowest BCUT2D eigenvalue weighted by atomic mass is 10.2. The predicted molar refractivity (Wildman–Crippen MR) is 98.2 cm³/mol. The minimum Gasteiger partial charge on any atom is -0.462 e. The van der Waals surface area contributed by atoms with Crippen molar-refractivity contribution in [3.05, 3.63) is 58.1 Å². The van der Waals surface area contributed by atoms with Gasteiger partial charge < -0.3 is 10.1 Å². The molecule has 0 saturated carbocycles. The van der Waals surface area contributed by atoms with Crippen molar-refractivity contribution >= 4 is 52.5 Å². The Balaban J connectivity index is 1.93. The molecule has 0 heterocycles. The number of amides is 1. The van der Waals surface area contributed by atoms with E-state index in [1.165, 1.54) is 17.8 Å². The Morgan fingerprint density at radius 1 is 1.12 bits per heavy atom. The van der Waals surface area contributed by atoms with Crippen molar-refractivity contribution in [2.24, 2.45) is 0 Å². The van der Waals surface area contributed by atoms with E-state index >= 15 is 0 Å². The van der Waals surface area contributed by atoms with Crippen LogP contribution in [0.3, 0.4) is 0 Å². The van der Waals surface area contributed by atoms with E-state index in [0.717, 1.165) is 4.90 Å². The number of halogens is 2. The first-order valence-electron chi connectivity index (χ1n) is 7.14. The summed E-state index contributed by atoms with van der Waals surface area (Å²) in [5, 5.41) is 3.65. The van der Waals surface area contributed by atoms with Gasteiger partial charge >= 0.3 is 5.97 Å². The van der Waals surface area contributed by atoms with E-state index in [9.17, 15) is 9.59 Å². The quantitative estimate of drug-likeness (QED) is 0.569. The zero-order valence-corrected chi connectivity index (χ0v) is 15.2. The standard InChI is InChI=1S/C17H15Cl2NO3S/c1-2-23-17(22)11-3-8-15(14(19)9-11)20-16(21)10-24-13-6-4-12(18)5-7-13/h3-9H,2,10H2,1H3,(H,20,21). The summed E-state index contributed by atoms with van der Waals surface area (Å²) in [4.78, 5) is 24.6. The number of rotatable bonds is 6. The largest absolute Gasteiger partial charge is 0.462 e. The molecule has 0 atom stereocenters. The number of thioether (sulfide) groups is 1. The Morgan fingerprint density at radius 2 is 1.83 bits per heavy atom. The predicted octanol–water partition coefficient (Wildman–Crippen LogP) is 4.90. The van der Waals surface area contributed by atoms with Crippen LogP contribution < -0.4 is 5.32 Å². The third-order valence-electron chi connectivity index (χ3n) is 2.94. The molecule has 1 amide bonds. The summed E-state index contributed by atoms with van der Waals surface area (Å²) >= 11 is 13.3. The summed E-state index contributed by atoms with van der Waals surface area (Å²) in [6.45, 7) is 2.02. The van der Waals surface area contributed by atoms with E-state index in [4.69, 9.17) is 27.9 Å². The van der Waals surface area contributed by atoms with E-state index < -0.39 is 5.97 Å². The summed E-state index contributed by atoms with van der Waals surface area (Å²) in [5.41, 5.74) is 0.793. The molecule has 0 saturated heterocycles. The molecule has 4 nitrogen and oxygen atoms in total. The number of hydrogen-bond donors (Lipinski definition) is 1. The molecule has 0 fully saturated rings. The van der Waals surface area contributed by atoms with E-state index in [1.54, 1.807) is 31.2 Å². The lowest BCUT2D eigenvalue weighted by Gasteiger charge is -2.09. The number of ether oxygens (including phenoxy) is 1. The van der Waals surface area contributed by atoms with Gasteiger partial charge in [-0.05, 0) is 49.4 Å². The van der Waals surface area contributed by atoms with Gasteiger partial charge in [0.15, 0.2) is 0 Å². The van der Waals surface area contributed by atoms with Gasteiger partial charge in [0, 0.05) is 9.92 Å². The van der Waals surface area contributed by atoms with Crippen LogP contribution in [0.1, 0.15) is 17.3 Å². The topological polar surface area (TPSA) is 55.4 Å². The van der Waals surface area contributed by atoms with Crippen LogP contribution in [0.4, 0.5) is 5.69 Å². The average molecular weight is 384 g/mol. The number of nitrogens with one attached hydrogen (secondary N) is 1. The smallest absolute Gasteiger partial charge is 0.338 e. The van der Waals surface area contributed by atoms with E-state index in [-0.39, 0.29) is 23.3 Å². The maximum absolute atomic E-state index is 12.0. The summed E-state index contributed by atoms with van der Waals surface area (Å²) in [6.07, 6.45) is 0. The molecule has 126 valence electrons. The number of hydrogen-bond acceptors (Lipinski definition) is 4. The fourth-order valence-electron chi connectivity index (χ4n) is 1.82. The fourth-order valence-corrected chi connectivity index (χ4v) is 2.88. The first-order valence-corrected chi connectivity index (χ1v) is 8.88. The highest BCUT2D eigenvalue weighted by Crippen LogP contribution is 2.25. The van der Waals surface area contributed by atoms with Crippen molar-refractivity contribution in [1.29, 1.82) is 0 Å². The molecule has 2 aromatic rings. The fraction of sp³-hybridized carbons (Fsp3) is 0.176. The van der Waals surface area contributed by atoms with Gasteiger partial charge in [0.05, 0.1) is 28.6 Å². The molecule has 0 unspecified atom stereocenters. The molecule has 0 spiro atoms. The van der Waals surface area contributed by atoms with Crippen LogP contribution in [0.15, 0.2) is 47.4 Å². The Labute approximate surface area is 154 Å². The van der Waals surface area contributed by atoms with Crippen LogP contribution in [-0.2, 0) is 9.53 Å². The Morgan fingerprint density at radius 3 is 2.46 bits per heavy atom. The normalized spacial score (nSPS) is 10.3. The lowest BCUT2D eigenvalue weighted by Crippen LogP contribution is -2.14. The Bertz CT molecular complexity index is 735. The number of esters is 1. The third-order valence-corrected chi connectivity index (χ3v) is 4.51.